The van der Waals surface area contributed by atoms with Crippen LogP contribution in [0.25, 0.3) is 21.9 Å². The highest BCUT2D eigenvalue weighted by molar-refractivity contribution is 6.07. The first kappa shape index (κ1) is 22.0. The Balaban J connectivity index is 2.19. The van der Waals surface area contributed by atoms with Crippen molar-refractivity contribution < 1.29 is 29.0 Å². The normalized spacial score (nSPS) is 12.1. The van der Waals surface area contributed by atoms with Crippen LogP contribution in [-0.4, -0.2) is 34.1 Å². The number of aryl methyl sites for hydroxylation is 1. The van der Waals surface area contributed by atoms with Crippen LogP contribution >= 0.6 is 0 Å². The minimum atomic E-state index is -0.901. The summed E-state index contributed by atoms with van der Waals surface area (Å²) in [5.74, 6) is -3.14. The number of carbonyl (C=O) groups is 2. The first-order chi connectivity index (χ1) is 15.7. The summed E-state index contributed by atoms with van der Waals surface area (Å²) >= 11 is 0. The fourth-order valence-electron chi connectivity index (χ4n) is 4.26. The summed E-state index contributed by atoms with van der Waals surface area (Å²) in [5, 5.41) is 22.9. The summed E-state index contributed by atoms with van der Waals surface area (Å²) < 4.78 is 10.3. The lowest BCUT2D eigenvalue weighted by Crippen LogP contribution is -2.14. The largest absolute Gasteiger partial charge is 0.507 e. The molecular formula is C25H21NO7. The Morgan fingerprint density at radius 3 is 2.58 bits per heavy atom. The number of Topliss-reactive ketones (excluding diaryl/α,β-unsaturated/α-hetero) is 1. The van der Waals surface area contributed by atoms with E-state index in [0.29, 0.717) is 16.6 Å². The number of aromatic nitrogens is 1. The summed E-state index contributed by atoms with van der Waals surface area (Å²) in [6.45, 7) is 2.78. The van der Waals surface area contributed by atoms with E-state index >= 15 is 0 Å². The van der Waals surface area contributed by atoms with E-state index in [0.717, 1.165) is 5.39 Å². The first-order valence-corrected chi connectivity index (χ1v) is 10.2. The third-order valence-corrected chi connectivity index (χ3v) is 5.71. The SMILES string of the molecule is COC(=O)C[C@@H](c1cccc2cccnc12)c1c(O)c(C(C)=O)c(O)c2c(C)cc(=O)oc12. The van der Waals surface area contributed by atoms with Gasteiger partial charge < -0.3 is 19.4 Å². The van der Waals surface area contributed by atoms with Crippen molar-refractivity contribution in [1.82, 2.24) is 4.98 Å². The van der Waals surface area contributed by atoms with Crippen molar-refractivity contribution in [3.8, 4) is 11.5 Å². The number of rotatable bonds is 5. The third-order valence-electron chi connectivity index (χ3n) is 5.71. The van der Waals surface area contributed by atoms with Crippen LogP contribution in [0.15, 0.2) is 51.8 Å². The molecule has 2 N–H and O–H groups in total. The van der Waals surface area contributed by atoms with Crippen LogP contribution in [-0.2, 0) is 9.53 Å². The molecule has 33 heavy (non-hydrogen) atoms. The van der Waals surface area contributed by atoms with Crippen molar-refractivity contribution in [1.29, 1.82) is 0 Å². The number of aromatic hydroxyl groups is 2. The van der Waals surface area contributed by atoms with Crippen LogP contribution in [0.3, 0.4) is 0 Å². The molecule has 0 unspecified atom stereocenters. The lowest BCUT2D eigenvalue weighted by Gasteiger charge is -2.22. The number of methoxy groups -OCH3 is 1. The third kappa shape index (κ3) is 3.69. The molecular weight excluding hydrogens is 426 g/mol. The first-order valence-electron chi connectivity index (χ1n) is 10.2. The monoisotopic (exact) mass is 447 g/mol. The summed E-state index contributed by atoms with van der Waals surface area (Å²) in [5.41, 5.74) is 0.365. The fraction of sp³-hybridized carbons (Fsp3) is 0.200. The summed E-state index contributed by atoms with van der Waals surface area (Å²) in [4.78, 5) is 41.5. The Kier molecular flexibility index (Phi) is 5.59. The molecule has 0 saturated carbocycles. The molecule has 0 spiro atoms. The van der Waals surface area contributed by atoms with Gasteiger partial charge in [-0.05, 0) is 31.0 Å². The molecule has 2 aromatic carbocycles. The maximum Gasteiger partial charge on any atom is 0.336 e. The molecule has 2 aromatic heterocycles. The van der Waals surface area contributed by atoms with Gasteiger partial charge in [0.05, 0.1) is 24.4 Å². The Morgan fingerprint density at radius 1 is 1.15 bits per heavy atom. The lowest BCUT2D eigenvalue weighted by atomic mass is 9.83. The molecule has 1 atom stereocenters. The van der Waals surface area contributed by atoms with Gasteiger partial charge in [-0.1, -0.05) is 24.3 Å². The lowest BCUT2D eigenvalue weighted by molar-refractivity contribution is -0.140. The second kappa shape index (κ2) is 8.38. The number of phenols is 2. The number of carbonyl (C=O) groups excluding carboxylic acids is 2. The van der Waals surface area contributed by atoms with E-state index in [2.05, 4.69) is 4.98 Å². The highest BCUT2D eigenvalue weighted by atomic mass is 16.5. The number of hydrogen-bond acceptors (Lipinski definition) is 8. The molecule has 2 heterocycles. The molecule has 168 valence electrons. The van der Waals surface area contributed by atoms with Crippen molar-refractivity contribution in [2.24, 2.45) is 0 Å². The van der Waals surface area contributed by atoms with Gasteiger partial charge >= 0.3 is 11.6 Å². The van der Waals surface area contributed by atoms with E-state index in [1.54, 1.807) is 31.3 Å². The van der Waals surface area contributed by atoms with Crippen molar-refractivity contribution in [2.75, 3.05) is 7.11 Å². The van der Waals surface area contributed by atoms with Gasteiger partial charge in [0.2, 0.25) is 0 Å². The van der Waals surface area contributed by atoms with Crippen molar-refractivity contribution >= 4 is 33.6 Å². The highest BCUT2D eigenvalue weighted by Crippen LogP contribution is 2.47. The van der Waals surface area contributed by atoms with E-state index in [1.807, 2.05) is 12.1 Å². The van der Waals surface area contributed by atoms with Crippen LogP contribution in [0.4, 0.5) is 0 Å². The number of pyridine rings is 1. The van der Waals surface area contributed by atoms with E-state index < -0.39 is 34.8 Å². The van der Waals surface area contributed by atoms with Gasteiger partial charge in [0.15, 0.2) is 5.78 Å². The average molecular weight is 447 g/mol. The van der Waals surface area contributed by atoms with E-state index in [9.17, 15) is 24.6 Å². The van der Waals surface area contributed by atoms with Gasteiger partial charge in [0, 0.05) is 29.1 Å². The zero-order chi connectivity index (χ0) is 23.9. The minimum absolute atomic E-state index is 0.0253. The molecule has 4 aromatic rings. The van der Waals surface area contributed by atoms with Crippen molar-refractivity contribution in [2.45, 2.75) is 26.2 Å². The average Bonchev–Trinajstić information content (AvgIpc) is 2.77. The fourth-order valence-corrected chi connectivity index (χ4v) is 4.26. The molecule has 8 nitrogen and oxygen atoms in total. The maximum absolute atomic E-state index is 12.4. The molecule has 0 saturated heterocycles. The highest BCUT2D eigenvalue weighted by Gasteiger charge is 2.32. The molecule has 0 radical (unpaired) electrons. The zero-order valence-electron chi connectivity index (χ0n) is 18.2. The van der Waals surface area contributed by atoms with E-state index in [-0.39, 0.29) is 28.5 Å². The van der Waals surface area contributed by atoms with Crippen molar-refractivity contribution in [3.63, 3.8) is 0 Å². The Hall–Kier alpha value is -4.20. The number of phenolic OH excluding ortho intramolecular Hbond substituents is 2. The van der Waals surface area contributed by atoms with Gasteiger partial charge in [-0.15, -0.1) is 0 Å². The van der Waals surface area contributed by atoms with Gasteiger partial charge in [0.25, 0.3) is 0 Å². The number of para-hydroxylation sites is 1. The molecule has 4 rings (SSSR count). The van der Waals surface area contributed by atoms with Gasteiger partial charge in [-0.2, -0.15) is 0 Å². The smallest absolute Gasteiger partial charge is 0.336 e. The predicted molar refractivity (Wildman–Crippen MR) is 121 cm³/mol. The number of fused-ring (bicyclic) bond motifs is 2. The minimum Gasteiger partial charge on any atom is -0.507 e. The second-order valence-corrected chi connectivity index (χ2v) is 7.75. The number of hydrogen-bond donors (Lipinski definition) is 2. The van der Waals surface area contributed by atoms with E-state index in [1.165, 1.54) is 20.1 Å². The van der Waals surface area contributed by atoms with Crippen LogP contribution in [0.1, 0.15) is 46.3 Å². The Bertz CT molecular complexity index is 1480. The molecule has 0 aliphatic rings. The predicted octanol–water partition coefficient (Wildman–Crippen LogP) is 3.96. The van der Waals surface area contributed by atoms with Crippen LogP contribution in [0, 0.1) is 6.92 Å². The number of ether oxygens (including phenoxy) is 1. The summed E-state index contributed by atoms with van der Waals surface area (Å²) in [6.07, 6.45) is 1.36. The van der Waals surface area contributed by atoms with Crippen LogP contribution in [0.2, 0.25) is 0 Å². The molecule has 0 aliphatic heterocycles. The Morgan fingerprint density at radius 2 is 1.88 bits per heavy atom. The number of esters is 1. The van der Waals surface area contributed by atoms with Gasteiger partial charge in [-0.3, -0.25) is 14.6 Å². The number of benzene rings is 2. The summed E-state index contributed by atoms with van der Waals surface area (Å²) in [7, 11) is 1.24. The molecule has 0 fully saturated rings. The second-order valence-electron chi connectivity index (χ2n) is 7.75. The van der Waals surface area contributed by atoms with Crippen LogP contribution < -0.4 is 5.63 Å². The van der Waals surface area contributed by atoms with Crippen LogP contribution in [0.5, 0.6) is 11.5 Å². The molecule has 0 amide bonds. The zero-order valence-corrected chi connectivity index (χ0v) is 18.2. The summed E-state index contributed by atoms with van der Waals surface area (Å²) in [6, 6.07) is 10.2. The maximum atomic E-state index is 12.4. The van der Waals surface area contributed by atoms with Crippen molar-refractivity contribution in [3.05, 3.63) is 75.3 Å². The molecule has 8 heteroatoms. The van der Waals surface area contributed by atoms with E-state index in [4.69, 9.17) is 9.15 Å². The van der Waals surface area contributed by atoms with Gasteiger partial charge in [-0.25, -0.2) is 4.79 Å². The number of ketones is 1. The quantitative estimate of drug-likeness (QED) is 0.267. The molecule has 0 bridgehead atoms. The standard InChI is InChI=1S/C25H21NO7/c1-12-10-18(29)33-25-19(12)23(30)20(13(2)27)24(31)21(25)16(11-17(28)32-3)15-8-4-6-14-7-5-9-26-22(14)15/h4-10,16,30-31H,11H2,1-3H3/t16-/m0/s1. The van der Waals surface area contributed by atoms with Gasteiger partial charge in [0.1, 0.15) is 22.6 Å². The molecule has 0 aliphatic carbocycles. The number of nitrogens with zero attached hydrogens (tertiary/aromatic N) is 1. The Labute approximate surface area is 188 Å². The topological polar surface area (TPSA) is 127 Å².